The number of anilines is 2. The van der Waals surface area contributed by atoms with Crippen LogP contribution in [0.25, 0.3) is 16.9 Å². The maximum atomic E-state index is 13.7. The van der Waals surface area contributed by atoms with E-state index >= 15 is 0 Å². The van der Waals surface area contributed by atoms with Gasteiger partial charge in [-0.15, -0.1) is 0 Å². The number of nitriles is 1. The molecule has 0 spiro atoms. The van der Waals surface area contributed by atoms with E-state index in [0.29, 0.717) is 11.3 Å². The Bertz CT molecular complexity index is 1480. The molecule has 9 nitrogen and oxygen atoms in total. The molecule has 0 aliphatic heterocycles. The van der Waals surface area contributed by atoms with Crippen LogP contribution >= 0.6 is 11.6 Å². The molecule has 0 radical (unpaired) electrons. The van der Waals surface area contributed by atoms with E-state index in [-0.39, 0.29) is 39.2 Å². The van der Waals surface area contributed by atoms with Crippen molar-refractivity contribution >= 4 is 35.1 Å². The number of amides is 2. The number of halogens is 2. The van der Waals surface area contributed by atoms with Gasteiger partial charge in [0.2, 0.25) is 0 Å². The zero-order valence-electron chi connectivity index (χ0n) is 17.3. The summed E-state index contributed by atoms with van der Waals surface area (Å²) in [6, 6.07) is 17.3. The quantitative estimate of drug-likeness (QED) is 0.401. The summed E-state index contributed by atoms with van der Waals surface area (Å²) in [5, 5.41) is 16.3. The molecule has 0 aliphatic rings. The van der Waals surface area contributed by atoms with Crippen LogP contribution in [0, 0.1) is 17.1 Å². The molecule has 5 N–H and O–H groups in total. The number of para-hydroxylation sites is 1. The predicted molar refractivity (Wildman–Crippen MR) is 124 cm³/mol. The SMILES string of the molecule is N#Cc1cc(F)c(N)nc1-c1ccc(Cl)c(C(=O)Nc2cc(C(N)=O)nn2-c2ccccc2)c1. The molecule has 11 heteroatoms. The molecule has 2 aromatic carbocycles. The minimum absolute atomic E-state index is 0.0363. The minimum Gasteiger partial charge on any atom is -0.381 e. The molecule has 0 atom stereocenters. The van der Waals surface area contributed by atoms with Crippen molar-refractivity contribution in [1.82, 2.24) is 14.8 Å². The molecule has 34 heavy (non-hydrogen) atoms. The molecule has 0 unspecified atom stereocenters. The third kappa shape index (κ3) is 4.28. The van der Waals surface area contributed by atoms with Crippen LogP contribution in [0.5, 0.6) is 0 Å². The largest absolute Gasteiger partial charge is 0.381 e. The van der Waals surface area contributed by atoms with Gasteiger partial charge in [-0.2, -0.15) is 10.4 Å². The number of primary amides is 1. The normalized spacial score (nSPS) is 10.5. The van der Waals surface area contributed by atoms with E-state index in [4.69, 9.17) is 23.1 Å². The molecule has 168 valence electrons. The number of nitrogens with one attached hydrogen (secondary N) is 1. The third-order valence-corrected chi connectivity index (χ3v) is 5.14. The molecule has 0 saturated carbocycles. The Kier molecular flexibility index (Phi) is 5.95. The Labute approximate surface area is 197 Å². The van der Waals surface area contributed by atoms with E-state index < -0.39 is 17.6 Å². The number of carbonyl (C=O) groups is 2. The van der Waals surface area contributed by atoms with Gasteiger partial charge in [-0.3, -0.25) is 9.59 Å². The van der Waals surface area contributed by atoms with Crippen LogP contribution in [-0.2, 0) is 0 Å². The number of nitrogen functional groups attached to an aromatic ring is 1. The summed E-state index contributed by atoms with van der Waals surface area (Å²) in [6.45, 7) is 0. The number of rotatable bonds is 5. The lowest BCUT2D eigenvalue weighted by atomic mass is 10.0. The fourth-order valence-corrected chi connectivity index (χ4v) is 3.40. The van der Waals surface area contributed by atoms with Crippen molar-refractivity contribution in [3.05, 3.63) is 88.3 Å². The molecule has 0 bridgehead atoms. The fourth-order valence-electron chi connectivity index (χ4n) is 3.20. The number of nitrogens with zero attached hydrogens (tertiary/aromatic N) is 4. The van der Waals surface area contributed by atoms with Gasteiger partial charge < -0.3 is 16.8 Å². The maximum absolute atomic E-state index is 13.7. The molecule has 4 aromatic rings. The second-order valence-electron chi connectivity index (χ2n) is 7.04. The van der Waals surface area contributed by atoms with Crippen molar-refractivity contribution < 1.29 is 14.0 Å². The Morgan fingerprint density at radius 2 is 1.85 bits per heavy atom. The van der Waals surface area contributed by atoms with E-state index in [1.54, 1.807) is 30.3 Å². The molecular weight excluding hydrogens is 461 g/mol. The van der Waals surface area contributed by atoms with E-state index in [9.17, 15) is 19.2 Å². The Morgan fingerprint density at radius 3 is 2.53 bits per heavy atom. The first kappa shape index (κ1) is 22.4. The lowest BCUT2D eigenvalue weighted by molar-refractivity contribution is 0.0992. The van der Waals surface area contributed by atoms with Crippen LogP contribution in [0.4, 0.5) is 16.0 Å². The van der Waals surface area contributed by atoms with Crippen LogP contribution in [0.1, 0.15) is 26.4 Å². The molecule has 0 fully saturated rings. The molecule has 2 heterocycles. The number of hydrogen-bond acceptors (Lipinski definition) is 6. The summed E-state index contributed by atoms with van der Waals surface area (Å²) in [6.07, 6.45) is 0. The van der Waals surface area contributed by atoms with E-state index in [1.165, 1.54) is 28.9 Å². The average molecular weight is 476 g/mol. The third-order valence-electron chi connectivity index (χ3n) is 4.81. The van der Waals surface area contributed by atoms with E-state index in [2.05, 4.69) is 15.4 Å². The van der Waals surface area contributed by atoms with Gasteiger partial charge in [0.05, 0.1) is 27.5 Å². The highest BCUT2D eigenvalue weighted by molar-refractivity contribution is 6.34. The molecule has 0 saturated heterocycles. The van der Waals surface area contributed by atoms with Crippen LogP contribution in [-0.4, -0.2) is 26.6 Å². The minimum atomic E-state index is -0.827. The first-order valence-electron chi connectivity index (χ1n) is 9.71. The number of aromatic nitrogens is 3. The zero-order valence-corrected chi connectivity index (χ0v) is 18.0. The van der Waals surface area contributed by atoms with Crippen molar-refractivity contribution in [2.24, 2.45) is 5.73 Å². The lowest BCUT2D eigenvalue weighted by Gasteiger charge is -2.11. The van der Waals surface area contributed by atoms with E-state index in [1.807, 2.05) is 6.07 Å². The van der Waals surface area contributed by atoms with Crippen LogP contribution < -0.4 is 16.8 Å². The van der Waals surface area contributed by atoms with Crippen molar-refractivity contribution in [3.8, 4) is 23.0 Å². The van der Waals surface area contributed by atoms with Crippen LogP contribution in [0.3, 0.4) is 0 Å². The van der Waals surface area contributed by atoms with E-state index in [0.717, 1.165) is 6.07 Å². The summed E-state index contributed by atoms with van der Waals surface area (Å²) < 4.78 is 15.1. The second kappa shape index (κ2) is 9.01. The van der Waals surface area contributed by atoms with Gasteiger partial charge in [0.25, 0.3) is 11.8 Å². The highest BCUT2D eigenvalue weighted by atomic mass is 35.5. The molecule has 0 aliphatic carbocycles. The van der Waals surface area contributed by atoms with Gasteiger partial charge in [0, 0.05) is 11.6 Å². The zero-order chi connectivity index (χ0) is 24.4. The van der Waals surface area contributed by atoms with Gasteiger partial charge in [0.15, 0.2) is 17.3 Å². The van der Waals surface area contributed by atoms with Gasteiger partial charge in [-0.1, -0.05) is 35.9 Å². The predicted octanol–water partition coefficient (Wildman–Crippen LogP) is 3.53. The number of benzene rings is 2. The molecule has 2 amide bonds. The van der Waals surface area contributed by atoms with Gasteiger partial charge >= 0.3 is 0 Å². The topological polar surface area (TPSA) is 153 Å². The molecular formula is C23H15ClFN7O2. The summed E-state index contributed by atoms with van der Waals surface area (Å²) in [5.41, 5.74) is 11.8. The first-order chi connectivity index (χ1) is 16.3. The number of nitrogens with two attached hydrogens (primary N) is 2. The Hall–Kier alpha value is -4.75. The monoisotopic (exact) mass is 475 g/mol. The van der Waals surface area contributed by atoms with Crippen LogP contribution in [0.2, 0.25) is 5.02 Å². The van der Waals surface area contributed by atoms with Crippen molar-refractivity contribution in [3.63, 3.8) is 0 Å². The summed E-state index contributed by atoms with van der Waals surface area (Å²) in [4.78, 5) is 28.7. The van der Waals surface area contributed by atoms with Crippen molar-refractivity contribution in [1.29, 1.82) is 5.26 Å². The first-order valence-corrected chi connectivity index (χ1v) is 10.1. The lowest BCUT2D eigenvalue weighted by Crippen LogP contribution is -2.16. The molecule has 4 rings (SSSR count). The summed E-state index contributed by atoms with van der Waals surface area (Å²) in [7, 11) is 0. The average Bonchev–Trinajstić information content (AvgIpc) is 3.25. The van der Waals surface area contributed by atoms with Crippen molar-refractivity contribution in [2.75, 3.05) is 11.1 Å². The Balaban J connectivity index is 1.74. The highest BCUT2D eigenvalue weighted by Gasteiger charge is 2.20. The standard InChI is InChI=1S/C23H15ClFN7O2/c24-16-7-6-12(20-13(11-26)9-17(25)21(27)30-20)8-15(16)23(34)29-19-10-18(22(28)33)31-32(19)14-4-2-1-3-5-14/h1-10H,(H2,27,30)(H2,28,33)(H,29,34). The maximum Gasteiger partial charge on any atom is 0.269 e. The van der Waals surface area contributed by atoms with Crippen LogP contribution in [0.15, 0.2) is 60.7 Å². The van der Waals surface area contributed by atoms with Crippen molar-refractivity contribution in [2.45, 2.75) is 0 Å². The number of hydrogen-bond donors (Lipinski definition) is 3. The smallest absolute Gasteiger partial charge is 0.269 e. The van der Waals surface area contributed by atoms with Gasteiger partial charge in [-0.25, -0.2) is 14.1 Å². The number of pyridine rings is 1. The highest BCUT2D eigenvalue weighted by Crippen LogP contribution is 2.29. The van der Waals surface area contributed by atoms with Gasteiger partial charge in [0.1, 0.15) is 11.9 Å². The Morgan fingerprint density at radius 1 is 1.12 bits per heavy atom. The van der Waals surface area contributed by atoms with Gasteiger partial charge in [-0.05, 0) is 30.3 Å². The number of carbonyl (C=O) groups excluding carboxylic acids is 2. The second-order valence-corrected chi connectivity index (χ2v) is 7.45. The molecule has 2 aromatic heterocycles. The fraction of sp³-hybridized carbons (Fsp3) is 0. The summed E-state index contributed by atoms with van der Waals surface area (Å²) in [5.74, 6) is -2.44. The summed E-state index contributed by atoms with van der Waals surface area (Å²) >= 11 is 6.26.